The normalized spacial score (nSPS) is 14.1. The van der Waals surface area contributed by atoms with E-state index in [1.54, 1.807) is 25.2 Å². The van der Waals surface area contributed by atoms with Crippen molar-refractivity contribution in [2.75, 3.05) is 16.7 Å². The second-order valence-corrected chi connectivity index (χ2v) is 7.40. The van der Waals surface area contributed by atoms with Gasteiger partial charge in [-0.05, 0) is 35.9 Å². The highest BCUT2D eigenvalue weighted by molar-refractivity contribution is 7.92. The maximum Gasteiger partial charge on any atom is 0.417 e. The Morgan fingerprint density at radius 2 is 2.00 bits per heavy atom. The van der Waals surface area contributed by atoms with E-state index < -0.39 is 15.8 Å². The molecule has 8 nitrogen and oxygen atoms in total. The molecule has 0 radical (unpaired) electrons. The number of aromatic amines is 1. The highest BCUT2D eigenvalue weighted by Crippen LogP contribution is 2.31. The van der Waals surface area contributed by atoms with Crippen LogP contribution in [0.5, 0.6) is 0 Å². The van der Waals surface area contributed by atoms with E-state index in [0.717, 1.165) is 0 Å². The molecular weight excluding hydrogens is 346 g/mol. The minimum atomic E-state index is -3.91. The number of nitrogens with one attached hydrogen (secondary N) is 2. The molecule has 0 aliphatic carbocycles. The van der Waals surface area contributed by atoms with Crippen LogP contribution in [0.4, 0.5) is 11.4 Å². The molecule has 0 fully saturated rings. The van der Waals surface area contributed by atoms with Crippen molar-refractivity contribution in [3.8, 4) is 0 Å². The van der Waals surface area contributed by atoms with Crippen molar-refractivity contribution in [1.82, 2.24) is 4.98 Å². The Bertz CT molecular complexity index is 1180. The van der Waals surface area contributed by atoms with E-state index in [-0.39, 0.29) is 28.5 Å². The molecule has 1 aliphatic heterocycles. The Kier molecular flexibility index (Phi) is 3.22. The van der Waals surface area contributed by atoms with Gasteiger partial charge in [-0.15, -0.1) is 0 Å². The van der Waals surface area contributed by atoms with Crippen LogP contribution in [0, 0.1) is 0 Å². The maximum absolute atomic E-state index is 12.7. The second-order valence-electron chi connectivity index (χ2n) is 5.72. The predicted octanol–water partition coefficient (Wildman–Crippen LogP) is 1.44. The van der Waals surface area contributed by atoms with Gasteiger partial charge in [-0.25, -0.2) is 13.2 Å². The summed E-state index contributed by atoms with van der Waals surface area (Å²) >= 11 is 0. The summed E-state index contributed by atoms with van der Waals surface area (Å²) < 4.78 is 32.8. The van der Waals surface area contributed by atoms with Crippen molar-refractivity contribution in [2.45, 2.75) is 11.3 Å². The SMILES string of the molecule is CN1C(=O)Cc2cc(S(=O)(=O)Nc3cccc4[nH]c(=O)oc34)ccc21. The Labute approximate surface area is 142 Å². The quantitative estimate of drug-likeness (QED) is 0.735. The number of nitrogens with zero attached hydrogens (tertiary/aromatic N) is 1. The molecule has 0 bridgehead atoms. The van der Waals surface area contributed by atoms with Gasteiger partial charge in [0.05, 0.1) is 22.5 Å². The lowest BCUT2D eigenvalue weighted by Crippen LogP contribution is -2.20. The number of amides is 1. The number of carbonyl (C=O) groups is 1. The van der Waals surface area contributed by atoms with Gasteiger partial charge in [-0.3, -0.25) is 14.5 Å². The molecule has 128 valence electrons. The van der Waals surface area contributed by atoms with Crippen molar-refractivity contribution < 1.29 is 17.6 Å². The minimum absolute atomic E-state index is 0.0317. The molecule has 0 saturated heterocycles. The fourth-order valence-corrected chi connectivity index (χ4v) is 3.98. The monoisotopic (exact) mass is 359 g/mol. The minimum Gasteiger partial charge on any atom is -0.406 e. The lowest BCUT2D eigenvalue weighted by atomic mass is 10.2. The molecule has 4 rings (SSSR count). The lowest BCUT2D eigenvalue weighted by molar-refractivity contribution is -0.117. The molecule has 0 saturated carbocycles. The van der Waals surface area contributed by atoms with Crippen LogP contribution in [0.15, 0.2) is 50.5 Å². The third kappa shape index (κ3) is 2.49. The van der Waals surface area contributed by atoms with Crippen LogP contribution >= 0.6 is 0 Å². The summed E-state index contributed by atoms with van der Waals surface area (Å²) in [6, 6.07) is 9.22. The third-order valence-corrected chi connectivity index (χ3v) is 5.49. The lowest BCUT2D eigenvalue weighted by Gasteiger charge is -2.12. The first-order valence-electron chi connectivity index (χ1n) is 7.39. The number of likely N-dealkylation sites (N-methyl/N-ethyl adjacent to an activating group) is 1. The third-order valence-electron chi connectivity index (χ3n) is 4.13. The first-order chi connectivity index (χ1) is 11.8. The molecule has 1 amide bonds. The summed E-state index contributed by atoms with van der Waals surface area (Å²) in [7, 11) is -2.26. The number of H-pyrrole nitrogens is 1. The van der Waals surface area contributed by atoms with Crippen molar-refractivity contribution >= 4 is 38.4 Å². The van der Waals surface area contributed by atoms with Crippen LogP contribution in [0.25, 0.3) is 11.1 Å². The molecule has 1 aliphatic rings. The number of benzene rings is 2. The van der Waals surface area contributed by atoms with E-state index in [4.69, 9.17) is 4.42 Å². The number of para-hydroxylation sites is 1. The fourth-order valence-electron chi connectivity index (χ4n) is 2.87. The van der Waals surface area contributed by atoms with Crippen LogP contribution < -0.4 is 15.4 Å². The summed E-state index contributed by atoms with van der Waals surface area (Å²) in [5, 5.41) is 0. The summed E-state index contributed by atoms with van der Waals surface area (Å²) in [4.78, 5) is 27.1. The Morgan fingerprint density at radius 3 is 2.80 bits per heavy atom. The fraction of sp³-hybridized carbons (Fsp3) is 0.125. The Morgan fingerprint density at radius 1 is 1.20 bits per heavy atom. The number of hydrogen-bond acceptors (Lipinski definition) is 5. The zero-order valence-electron chi connectivity index (χ0n) is 13.1. The molecule has 3 aromatic rings. The molecule has 25 heavy (non-hydrogen) atoms. The average Bonchev–Trinajstić information content (AvgIpc) is 3.07. The van der Waals surface area contributed by atoms with Crippen LogP contribution in [0.3, 0.4) is 0 Å². The number of fused-ring (bicyclic) bond motifs is 2. The van der Waals surface area contributed by atoms with Gasteiger partial charge in [0.1, 0.15) is 0 Å². The van der Waals surface area contributed by atoms with E-state index >= 15 is 0 Å². The molecule has 0 atom stereocenters. The van der Waals surface area contributed by atoms with Gasteiger partial charge < -0.3 is 9.32 Å². The molecule has 0 unspecified atom stereocenters. The highest BCUT2D eigenvalue weighted by atomic mass is 32.2. The number of sulfonamides is 1. The molecule has 2 N–H and O–H groups in total. The van der Waals surface area contributed by atoms with Crippen molar-refractivity contribution in [1.29, 1.82) is 0 Å². The zero-order chi connectivity index (χ0) is 17.8. The summed E-state index contributed by atoms with van der Waals surface area (Å²) in [5.41, 5.74) is 2.03. The highest BCUT2D eigenvalue weighted by Gasteiger charge is 2.26. The number of hydrogen-bond donors (Lipinski definition) is 2. The average molecular weight is 359 g/mol. The van der Waals surface area contributed by atoms with Gasteiger partial charge in [0, 0.05) is 12.7 Å². The predicted molar refractivity (Wildman–Crippen MR) is 91.2 cm³/mol. The molecule has 2 aromatic carbocycles. The Balaban J connectivity index is 1.74. The first kappa shape index (κ1) is 15.5. The van der Waals surface area contributed by atoms with Crippen LogP contribution in [0.2, 0.25) is 0 Å². The summed E-state index contributed by atoms with van der Waals surface area (Å²) in [6.45, 7) is 0. The number of anilines is 2. The van der Waals surface area contributed by atoms with Gasteiger partial charge in [-0.1, -0.05) is 6.07 Å². The van der Waals surface area contributed by atoms with Crippen molar-refractivity contribution in [3.05, 3.63) is 52.5 Å². The van der Waals surface area contributed by atoms with E-state index in [2.05, 4.69) is 9.71 Å². The van der Waals surface area contributed by atoms with Crippen LogP contribution in [-0.2, 0) is 21.2 Å². The topological polar surface area (TPSA) is 112 Å². The van der Waals surface area contributed by atoms with E-state index in [1.807, 2.05) is 0 Å². The van der Waals surface area contributed by atoms with Gasteiger partial charge in [0.25, 0.3) is 10.0 Å². The molecule has 9 heteroatoms. The largest absolute Gasteiger partial charge is 0.417 e. The van der Waals surface area contributed by atoms with Gasteiger partial charge in [-0.2, -0.15) is 0 Å². The van der Waals surface area contributed by atoms with E-state index in [1.165, 1.54) is 23.1 Å². The standard InChI is InChI=1S/C16H13N3O5S/c1-19-13-6-5-10(7-9(13)8-14(19)20)25(22,23)18-12-4-2-3-11-15(12)24-16(21)17-11/h2-7,18H,8H2,1H3,(H,17,21). The first-order valence-corrected chi connectivity index (χ1v) is 8.87. The molecule has 1 aromatic heterocycles. The number of oxazole rings is 1. The van der Waals surface area contributed by atoms with E-state index in [0.29, 0.717) is 16.8 Å². The number of carbonyl (C=O) groups excluding carboxylic acids is 1. The van der Waals surface area contributed by atoms with Crippen molar-refractivity contribution in [2.24, 2.45) is 0 Å². The number of rotatable bonds is 3. The molecular formula is C16H13N3O5S. The smallest absolute Gasteiger partial charge is 0.406 e. The summed E-state index contributed by atoms with van der Waals surface area (Å²) in [6.07, 6.45) is 0.164. The van der Waals surface area contributed by atoms with Gasteiger partial charge in [0.15, 0.2) is 5.58 Å². The van der Waals surface area contributed by atoms with Crippen molar-refractivity contribution in [3.63, 3.8) is 0 Å². The van der Waals surface area contributed by atoms with E-state index in [9.17, 15) is 18.0 Å². The maximum atomic E-state index is 12.7. The zero-order valence-corrected chi connectivity index (χ0v) is 13.9. The van der Waals surface area contributed by atoms with Crippen LogP contribution in [-0.4, -0.2) is 26.4 Å². The summed E-state index contributed by atoms with van der Waals surface area (Å²) in [5.74, 6) is -0.753. The molecule has 0 spiro atoms. The van der Waals surface area contributed by atoms with Gasteiger partial charge in [0.2, 0.25) is 5.91 Å². The Hall–Kier alpha value is -3.07. The molecule has 2 heterocycles. The second kappa shape index (κ2) is 5.21. The number of aromatic nitrogens is 1. The van der Waals surface area contributed by atoms with Gasteiger partial charge >= 0.3 is 5.76 Å². The van der Waals surface area contributed by atoms with Crippen LogP contribution in [0.1, 0.15) is 5.56 Å².